The lowest BCUT2D eigenvalue weighted by Gasteiger charge is -2.43. The number of pyridine rings is 2. The molecule has 6 heteroatoms. The van der Waals surface area contributed by atoms with Gasteiger partial charge >= 0.3 is 0 Å². The first-order chi connectivity index (χ1) is 14.7. The Morgan fingerprint density at radius 3 is 2.67 bits per heavy atom. The van der Waals surface area contributed by atoms with Crippen LogP contribution in [0, 0.1) is 5.92 Å². The highest BCUT2D eigenvalue weighted by molar-refractivity contribution is 5.75. The van der Waals surface area contributed by atoms with Crippen LogP contribution in [0.3, 0.4) is 0 Å². The molecule has 0 unspecified atom stereocenters. The summed E-state index contributed by atoms with van der Waals surface area (Å²) in [5.74, 6) is 1.66. The number of hydrogen-bond donors (Lipinski definition) is 0. The minimum atomic E-state index is 0.0833. The zero-order chi connectivity index (χ0) is 20.1. The minimum absolute atomic E-state index is 0.0833. The highest BCUT2D eigenvalue weighted by Gasteiger charge is 2.35. The van der Waals surface area contributed by atoms with Crippen molar-refractivity contribution < 1.29 is 0 Å². The number of anilines is 1. The molecule has 3 aromatic heterocycles. The molecule has 6 nitrogen and oxygen atoms in total. The molecular weight excluding hydrogens is 374 g/mol. The van der Waals surface area contributed by atoms with E-state index >= 15 is 0 Å². The molecule has 6 rings (SSSR count). The zero-order valence-corrected chi connectivity index (χ0v) is 16.5. The molecule has 2 atom stereocenters. The molecule has 0 aliphatic carbocycles. The van der Waals surface area contributed by atoms with E-state index in [1.807, 2.05) is 53.4 Å². The van der Waals surface area contributed by atoms with Crippen molar-refractivity contribution in [3.8, 4) is 11.1 Å². The molecule has 5 heterocycles. The van der Waals surface area contributed by atoms with Crippen molar-refractivity contribution in [2.24, 2.45) is 5.92 Å². The number of piperidine rings is 1. The van der Waals surface area contributed by atoms with E-state index in [1.54, 1.807) is 12.3 Å². The standard InChI is InChI=1S/C24H21N5O/c30-24-10-18(17-4-3-7-25-11-17)9-22-19-8-16(14-29(22)24)13-28(15-19)23-12-26-20-5-1-2-6-21(20)27-23/h1-7,9-12,16,19H,8,13-15H2/t16-,19+/m0/s1. The van der Waals surface area contributed by atoms with Crippen molar-refractivity contribution in [3.63, 3.8) is 0 Å². The van der Waals surface area contributed by atoms with Crippen LogP contribution in [0.5, 0.6) is 0 Å². The van der Waals surface area contributed by atoms with Gasteiger partial charge in [0.05, 0.1) is 17.2 Å². The third kappa shape index (κ3) is 2.87. The van der Waals surface area contributed by atoms with Gasteiger partial charge in [-0.2, -0.15) is 0 Å². The van der Waals surface area contributed by atoms with Gasteiger partial charge in [0.1, 0.15) is 5.82 Å². The summed E-state index contributed by atoms with van der Waals surface area (Å²) in [4.78, 5) is 28.9. The van der Waals surface area contributed by atoms with Crippen LogP contribution in [0.4, 0.5) is 5.82 Å². The second-order valence-electron chi connectivity index (χ2n) is 8.28. The van der Waals surface area contributed by atoms with Crippen LogP contribution < -0.4 is 10.5 Å². The first-order valence-corrected chi connectivity index (χ1v) is 10.4. The second-order valence-corrected chi connectivity index (χ2v) is 8.28. The van der Waals surface area contributed by atoms with E-state index in [0.29, 0.717) is 11.8 Å². The Morgan fingerprint density at radius 2 is 1.80 bits per heavy atom. The Labute approximate surface area is 173 Å². The van der Waals surface area contributed by atoms with Crippen LogP contribution in [0.15, 0.2) is 71.9 Å². The maximum atomic E-state index is 12.9. The van der Waals surface area contributed by atoms with Crippen molar-refractivity contribution in [2.75, 3.05) is 18.0 Å². The quantitative estimate of drug-likeness (QED) is 0.520. The Kier molecular flexibility index (Phi) is 3.91. The topological polar surface area (TPSA) is 63.9 Å². The lowest BCUT2D eigenvalue weighted by molar-refractivity contribution is 0.281. The molecule has 0 N–H and O–H groups in total. The van der Waals surface area contributed by atoms with Crippen LogP contribution in [-0.4, -0.2) is 32.6 Å². The maximum Gasteiger partial charge on any atom is 0.251 e. The Balaban J connectivity index is 1.38. The van der Waals surface area contributed by atoms with Crippen molar-refractivity contribution in [3.05, 3.63) is 83.2 Å². The first-order valence-electron chi connectivity index (χ1n) is 10.4. The molecule has 2 aliphatic heterocycles. The van der Waals surface area contributed by atoms with E-state index in [0.717, 1.165) is 59.7 Å². The summed E-state index contributed by atoms with van der Waals surface area (Å²) in [6.07, 6.45) is 6.55. The van der Waals surface area contributed by atoms with Crippen molar-refractivity contribution in [1.29, 1.82) is 0 Å². The number of rotatable bonds is 2. The monoisotopic (exact) mass is 395 g/mol. The smallest absolute Gasteiger partial charge is 0.251 e. The predicted octanol–water partition coefficient (Wildman–Crippen LogP) is 3.48. The summed E-state index contributed by atoms with van der Waals surface area (Å²) in [6, 6.07) is 15.8. The van der Waals surface area contributed by atoms with Gasteiger partial charge in [-0.3, -0.25) is 14.8 Å². The molecule has 0 radical (unpaired) electrons. The molecule has 0 saturated carbocycles. The van der Waals surface area contributed by atoms with E-state index in [9.17, 15) is 4.79 Å². The third-order valence-electron chi connectivity index (χ3n) is 6.31. The van der Waals surface area contributed by atoms with Gasteiger partial charge < -0.3 is 9.47 Å². The molecule has 1 fully saturated rings. The number of aromatic nitrogens is 4. The normalized spacial score (nSPS) is 20.2. The highest BCUT2D eigenvalue weighted by atomic mass is 16.1. The summed E-state index contributed by atoms with van der Waals surface area (Å²) in [5.41, 5.74) is 4.96. The maximum absolute atomic E-state index is 12.9. The summed E-state index contributed by atoms with van der Waals surface area (Å²) >= 11 is 0. The SMILES string of the molecule is O=c1cc(-c2cccnc2)cc2n1C[C@H]1C[C@@H]2CN(c2cnc3ccccc3n2)C1. The van der Waals surface area contributed by atoms with E-state index in [2.05, 4.69) is 20.9 Å². The molecule has 2 bridgehead atoms. The van der Waals surface area contributed by atoms with E-state index in [1.165, 1.54) is 0 Å². The highest BCUT2D eigenvalue weighted by Crippen LogP contribution is 2.37. The number of hydrogen-bond acceptors (Lipinski definition) is 5. The van der Waals surface area contributed by atoms with Crippen LogP contribution >= 0.6 is 0 Å². The second kappa shape index (κ2) is 6.76. The van der Waals surface area contributed by atoms with Crippen LogP contribution in [0.1, 0.15) is 18.0 Å². The van der Waals surface area contributed by atoms with Crippen molar-refractivity contribution in [2.45, 2.75) is 18.9 Å². The third-order valence-corrected chi connectivity index (χ3v) is 6.31. The first kappa shape index (κ1) is 17.3. The molecule has 30 heavy (non-hydrogen) atoms. The fraction of sp³-hybridized carbons (Fsp3) is 0.250. The van der Waals surface area contributed by atoms with Gasteiger partial charge in [0.2, 0.25) is 0 Å². The van der Waals surface area contributed by atoms with Gasteiger partial charge in [-0.05, 0) is 42.2 Å². The molecule has 148 valence electrons. The molecule has 0 amide bonds. The van der Waals surface area contributed by atoms with Gasteiger partial charge in [0.15, 0.2) is 0 Å². The van der Waals surface area contributed by atoms with E-state index in [4.69, 9.17) is 4.98 Å². The van der Waals surface area contributed by atoms with Crippen LogP contribution in [-0.2, 0) is 6.54 Å². The Hall–Kier alpha value is -3.54. The van der Waals surface area contributed by atoms with Gasteiger partial charge in [-0.1, -0.05) is 18.2 Å². The van der Waals surface area contributed by atoms with Gasteiger partial charge in [0, 0.05) is 55.3 Å². The number of fused-ring (bicyclic) bond motifs is 5. The van der Waals surface area contributed by atoms with Gasteiger partial charge in [0.25, 0.3) is 5.56 Å². The molecule has 1 aromatic carbocycles. The zero-order valence-electron chi connectivity index (χ0n) is 16.5. The fourth-order valence-corrected chi connectivity index (χ4v) is 4.95. The van der Waals surface area contributed by atoms with Gasteiger partial charge in [-0.15, -0.1) is 0 Å². The molecule has 1 saturated heterocycles. The molecular formula is C24H21N5O. The summed E-state index contributed by atoms with van der Waals surface area (Å²) in [5, 5.41) is 0. The van der Waals surface area contributed by atoms with E-state index in [-0.39, 0.29) is 5.56 Å². The van der Waals surface area contributed by atoms with Crippen LogP contribution in [0.25, 0.3) is 22.2 Å². The number of benzene rings is 1. The average Bonchev–Trinajstić information content (AvgIpc) is 2.80. The summed E-state index contributed by atoms with van der Waals surface area (Å²) in [6.45, 7) is 2.51. The largest absolute Gasteiger partial charge is 0.354 e. The minimum Gasteiger partial charge on any atom is -0.354 e. The fourth-order valence-electron chi connectivity index (χ4n) is 4.95. The summed E-state index contributed by atoms with van der Waals surface area (Å²) < 4.78 is 1.97. The van der Waals surface area contributed by atoms with Crippen LogP contribution in [0.2, 0.25) is 0 Å². The van der Waals surface area contributed by atoms with Crippen molar-refractivity contribution >= 4 is 16.9 Å². The number of nitrogens with zero attached hydrogens (tertiary/aromatic N) is 5. The molecule has 0 spiro atoms. The number of para-hydroxylation sites is 2. The Morgan fingerprint density at radius 1 is 0.900 bits per heavy atom. The predicted molar refractivity (Wildman–Crippen MR) is 117 cm³/mol. The lowest BCUT2D eigenvalue weighted by atomic mass is 9.82. The summed E-state index contributed by atoms with van der Waals surface area (Å²) in [7, 11) is 0. The molecule has 4 aromatic rings. The van der Waals surface area contributed by atoms with Crippen molar-refractivity contribution in [1.82, 2.24) is 19.5 Å². The Bertz CT molecular complexity index is 1300. The van der Waals surface area contributed by atoms with Gasteiger partial charge in [-0.25, -0.2) is 4.98 Å². The van der Waals surface area contributed by atoms with E-state index < -0.39 is 0 Å². The lowest BCUT2D eigenvalue weighted by Crippen LogP contribution is -2.47. The molecule has 2 aliphatic rings. The average molecular weight is 395 g/mol.